The second-order valence-corrected chi connectivity index (χ2v) is 7.42. The van der Waals surface area contributed by atoms with Gasteiger partial charge in [-0.3, -0.25) is 0 Å². The van der Waals surface area contributed by atoms with Crippen molar-refractivity contribution >= 4 is 27.8 Å². The first-order valence-electron chi connectivity index (χ1n) is 9.13. The molecule has 144 valence electrons. The SMILES string of the molecule is COc1ccc(-c2c(-c3csc(Nc4ccccc4)n3)nc3cc(C)on23)cc1. The van der Waals surface area contributed by atoms with Crippen LogP contribution in [-0.2, 0) is 0 Å². The number of fused-ring (bicyclic) bond motifs is 1. The molecular weight excluding hydrogens is 384 g/mol. The Balaban J connectivity index is 1.59. The van der Waals surface area contributed by atoms with Gasteiger partial charge in [-0.15, -0.1) is 11.3 Å². The number of imidazole rings is 1. The zero-order chi connectivity index (χ0) is 19.8. The molecule has 1 N–H and O–H groups in total. The topological polar surface area (TPSA) is 64.6 Å². The van der Waals surface area contributed by atoms with Crippen molar-refractivity contribution in [3.05, 3.63) is 71.8 Å². The number of rotatable bonds is 5. The summed E-state index contributed by atoms with van der Waals surface area (Å²) in [6, 6.07) is 19.8. The van der Waals surface area contributed by atoms with Gasteiger partial charge in [-0.05, 0) is 43.3 Å². The molecule has 0 aliphatic rings. The van der Waals surface area contributed by atoms with Crippen LogP contribution in [0.4, 0.5) is 10.8 Å². The third-order valence-electron chi connectivity index (χ3n) is 4.56. The summed E-state index contributed by atoms with van der Waals surface area (Å²) in [4.78, 5) is 9.56. The summed E-state index contributed by atoms with van der Waals surface area (Å²) in [7, 11) is 1.66. The van der Waals surface area contributed by atoms with Crippen LogP contribution in [0.25, 0.3) is 28.3 Å². The number of hydrogen-bond donors (Lipinski definition) is 1. The Labute approximate surface area is 171 Å². The molecule has 5 rings (SSSR count). The minimum absolute atomic E-state index is 0.758. The van der Waals surface area contributed by atoms with Crippen LogP contribution in [0.15, 0.2) is 70.6 Å². The highest BCUT2D eigenvalue weighted by atomic mass is 32.1. The van der Waals surface area contributed by atoms with E-state index in [0.717, 1.165) is 50.6 Å². The lowest BCUT2D eigenvalue weighted by molar-refractivity contribution is 0.361. The monoisotopic (exact) mass is 402 g/mol. The number of aryl methyl sites for hydroxylation is 1. The first-order valence-corrected chi connectivity index (χ1v) is 10.0. The lowest BCUT2D eigenvalue weighted by Crippen LogP contribution is -1.91. The molecule has 0 atom stereocenters. The Morgan fingerprint density at radius 1 is 1.03 bits per heavy atom. The third kappa shape index (κ3) is 3.25. The van der Waals surface area contributed by atoms with Crippen LogP contribution in [0.5, 0.6) is 5.75 Å². The van der Waals surface area contributed by atoms with Gasteiger partial charge in [0.05, 0.1) is 7.11 Å². The van der Waals surface area contributed by atoms with Gasteiger partial charge in [-0.25, -0.2) is 9.97 Å². The number of aromatic nitrogens is 3. The second kappa shape index (κ2) is 7.10. The van der Waals surface area contributed by atoms with Gasteiger partial charge < -0.3 is 14.6 Å². The number of methoxy groups -OCH3 is 1. The van der Waals surface area contributed by atoms with Gasteiger partial charge in [-0.2, -0.15) is 4.57 Å². The Morgan fingerprint density at radius 3 is 2.59 bits per heavy atom. The second-order valence-electron chi connectivity index (χ2n) is 6.57. The van der Waals surface area contributed by atoms with Crippen molar-refractivity contribution in [2.75, 3.05) is 12.4 Å². The van der Waals surface area contributed by atoms with Crippen molar-refractivity contribution in [2.24, 2.45) is 0 Å². The number of para-hydroxylation sites is 1. The maximum absolute atomic E-state index is 5.90. The van der Waals surface area contributed by atoms with Gasteiger partial charge in [0.15, 0.2) is 10.8 Å². The zero-order valence-corrected chi connectivity index (χ0v) is 16.7. The highest BCUT2D eigenvalue weighted by Gasteiger charge is 2.21. The molecule has 2 aromatic carbocycles. The molecule has 0 spiro atoms. The van der Waals surface area contributed by atoms with Crippen LogP contribution in [-0.4, -0.2) is 21.7 Å². The largest absolute Gasteiger partial charge is 0.497 e. The van der Waals surface area contributed by atoms with Gasteiger partial charge in [0.25, 0.3) is 0 Å². The average Bonchev–Trinajstić information content (AvgIpc) is 3.43. The molecule has 29 heavy (non-hydrogen) atoms. The molecule has 0 amide bonds. The zero-order valence-electron chi connectivity index (χ0n) is 15.9. The van der Waals surface area contributed by atoms with E-state index in [1.807, 2.05) is 73.0 Å². The van der Waals surface area contributed by atoms with E-state index in [4.69, 9.17) is 19.2 Å². The van der Waals surface area contributed by atoms with Gasteiger partial charge in [-0.1, -0.05) is 18.2 Å². The van der Waals surface area contributed by atoms with Crippen molar-refractivity contribution in [1.82, 2.24) is 14.5 Å². The van der Waals surface area contributed by atoms with E-state index in [1.165, 1.54) is 0 Å². The Kier molecular flexibility index (Phi) is 4.29. The number of benzene rings is 2. The van der Waals surface area contributed by atoms with Crippen molar-refractivity contribution in [1.29, 1.82) is 0 Å². The van der Waals surface area contributed by atoms with Gasteiger partial charge in [0.1, 0.15) is 28.6 Å². The van der Waals surface area contributed by atoms with Crippen LogP contribution in [0.2, 0.25) is 0 Å². The van der Waals surface area contributed by atoms with E-state index < -0.39 is 0 Å². The van der Waals surface area contributed by atoms with Crippen molar-refractivity contribution in [3.8, 4) is 28.4 Å². The minimum Gasteiger partial charge on any atom is -0.497 e. The summed E-state index contributed by atoms with van der Waals surface area (Å²) in [6.07, 6.45) is 0. The summed E-state index contributed by atoms with van der Waals surface area (Å²) in [5, 5.41) is 6.16. The summed E-state index contributed by atoms with van der Waals surface area (Å²) in [6.45, 7) is 1.91. The molecule has 0 saturated heterocycles. The van der Waals surface area contributed by atoms with E-state index >= 15 is 0 Å². The third-order valence-corrected chi connectivity index (χ3v) is 5.32. The Bertz CT molecular complexity index is 1270. The highest BCUT2D eigenvalue weighted by Crippen LogP contribution is 2.36. The molecule has 0 fully saturated rings. The fourth-order valence-electron chi connectivity index (χ4n) is 3.23. The number of hydrogen-bond acceptors (Lipinski definition) is 6. The van der Waals surface area contributed by atoms with Gasteiger partial charge >= 0.3 is 0 Å². The summed E-state index contributed by atoms with van der Waals surface area (Å²) in [5.74, 6) is 1.60. The van der Waals surface area contributed by atoms with Crippen molar-refractivity contribution < 1.29 is 9.26 Å². The molecule has 5 aromatic rings. The van der Waals surface area contributed by atoms with E-state index in [0.29, 0.717) is 0 Å². The number of thiazole rings is 1. The Morgan fingerprint density at radius 2 is 1.83 bits per heavy atom. The average molecular weight is 402 g/mol. The lowest BCUT2D eigenvalue weighted by atomic mass is 10.1. The van der Waals surface area contributed by atoms with Crippen LogP contribution < -0.4 is 10.1 Å². The molecule has 0 aliphatic heterocycles. The van der Waals surface area contributed by atoms with E-state index in [1.54, 1.807) is 23.0 Å². The minimum atomic E-state index is 0.758. The van der Waals surface area contributed by atoms with Gasteiger partial charge in [0.2, 0.25) is 0 Å². The summed E-state index contributed by atoms with van der Waals surface area (Å²) in [5.41, 5.74) is 5.19. The quantitative estimate of drug-likeness (QED) is 0.404. The normalized spacial score (nSPS) is 11.1. The molecule has 0 saturated carbocycles. The Hall–Kier alpha value is -3.58. The first kappa shape index (κ1) is 17.5. The van der Waals surface area contributed by atoms with Crippen LogP contribution in [0.1, 0.15) is 5.76 Å². The molecule has 0 radical (unpaired) electrons. The van der Waals surface area contributed by atoms with E-state index in [9.17, 15) is 0 Å². The van der Waals surface area contributed by atoms with Crippen molar-refractivity contribution in [2.45, 2.75) is 6.92 Å². The molecule has 0 unspecified atom stereocenters. The molecule has 6 nitrogen and oxygen atoms in total. The standard InChI is InChI=1S/C22H18N4O2S/c1-14-12-19-25-20(18-13-29-22(24-18)23-16-6-4-3-5-7-16)21(26(19)28-14)15-8-10-17(27-2)11-9-15/h3-13H,1-2H3,(H,23,24). The molecule has 0 aliphatic carbocycles. The number of nitrogens with one attached hydrogen (secondary N) is 1. The fourth-order valence-corrected chi connectivity index (χ4v) is 3.94. The van der Waals surface area contributed by atoms with Crippen molar-refractivity contribution in [3.63, 3.8) is 0 Å². The van der Waals surface area contributed by atoms with Crippen LogP contribution in [0.3, 0.4) is 0 Å². The highest BCUT2D eigenvalue weighted by molar-refractivity contribution is 7.14. The lowest BCUT2D eigenvalue weighted by Gasteiger charge is -2.04. The maximum Gasteiger partial charge on any atom is 0.187 e. The predicted molar refractivity (Wildman–Crippen MR) is 115 cm³/mol. The van der Waals surface area contributed by atoms with Crippen LogP contribution in [0, 0.1) is 6.92 Å². The number of ether oxygens (including phenoxy) is 1. The molecule has 3 heterocycles. The van der Waals surface area contributed by atoms with Crippen LogP contribution >= 0.6 is 11.3 Å². The first-order chi connectivity index (χ1) is 14.2. The summed E-state index contributed by atoms with van der Waals surface area (Å²) < 4.78 is 12.9. The van der Waals surface area contributed by atoms with E-state index in [-0.39, 0.29) is 0 Å². The van der Waals surface area contributed by atoms with E-state index in [2.05, 4.69) is 5.32 Å². The fraction of sp³-hybridized carbons (Fsp3) is 0.0909. The molecule has 0 bridgehead atoms. The molecule has 3 aromatic heterocycles. The number of anilines is 2. The molecule has 7 heteroatoms. The summed E-state index contributed by atoms with van der Waals surface area (Å²) >= 11 is 1.54. The maximum atomic E-state index is 5.90. The number of nitrogens with zero attached hydrogens (tertiary/aromatic N) is 3. The predicted octanol–water partition coefficient (Wildman–Crippen LogP) is 5.78. The smallest absolute Gasteiger partial charge is 0.187 e. The van der Waals surface area contributed by atoms with Gasteiger partial charge in [0, 0.05) is 22.7 Å². The molecular formula is C22H18N4O2S.